The Labute approximate surface area is 116 Å². The van der Waals surface area contributed by atoms with Crippen molar-refractivity contribution in [3.8, 4) is 5.75 Å². The molecule has 1 aromatic rings. The van der Waals surface area contributed by atoms with Crippen LogP contribution in [0.15, 0.2) is 24.3 Å². The highest BCUT2D eigenvalue weighted by Gasteiger charge is 2.43. The van der Waals surface area contributed by atoms with Crippen molar-refractivity contribution in [2.75, 3.05) is 26.2 Å². The van der Waals surface area contributed by atoms with Crippen LogP contribution in [0.4, 0.5) is 0 Å². The molecule has 1 aromatic carbocycles. The van der Waals surface area contributed by atoms with Gasteiger partial charge >= 0.3 is 0 Å². The van der Waals surface area contributed by atoms with Crippen molar-refractivity contribution in [1.29, 1.82) is 0 Å². The van der Waals surface area contributed by atoms with Gasteiger partial charge in [-0.05, 0) is 38.4 Å². The average Bonchev–Trinajstić information content (AvgIpc) is 2.70. The van der Waals surface area contributed by atoms with E-state index in [0.29, 0.717) is 0 Å². The summed E-state index contributed by atoms with van der Waals surface area (Å²) in [6.45, 7) is 6.81. The number of fused-ring (bicyclic) bond motifs is 2. The first kappa shape index (κ1) is 13.7. The molecule has 0 saturated carbocycles. The molecule has 2 aliphatic rings. The Morgan fingerprint density at radius 2 is 2.17 bits per heavy atom. The molecule has 0 aromatic heterocycles. The topological polar surface area (TPSA) is 12.5 Å². The lowest BCUT2D eigenvalue weighted by Gasteiger charge is -2.39. The van der Waals surface area contributed by atoms with Crippen molar-refractivity contribution >= 4 is 12.4 Å². The Morgan fingerprint density at radius 3 is 3.00 bits per heavy atom. The largest absolute Gasteiger partial charge is 0.492 e. The second-order valence-electron chi connectivity index (χ2n) is 5.44. The molecule has 0 amide bonds. The lowest BCUT2D eigenvalue weighted by Crippen LogP contribution is -2.47. The highest BCUT2D eigenvalue weighted by atomic mass is 35.5. The van der Waals surface area contributed by atoms with Gasteiger partial charge in [0.1, 0.15) is 5.75 Å². The Morgan fingerprint density at radius 1 is 1.33 bits per heavy atom. The molecule has 1 unspecified atom stereocenters. The van der Waals surface area contributed by atoms with Crippen molar-refractivity contribution in [1.82, 2.24) is 4.90 Å². The predicted molar refractivity (Wildman–Crippen MR) is 76.8 cm³/mol. The maximum atomic E-state index is 5.89. The molecule has 100 valence electrons. The zero-order valence-corrected chi connectivity index (χ0v) is 11.8. The highest BCUT2D eigenvalue weighted by molar-refractivity contribution is 5.85. The standard InChI is InChI=1S/C15H21NO.ClH/c1-2-9-16-10-5-8-15(11-16)12-17-14-7-4-3-6-13(14)15;/h3-4,6-7H,2,5,8-12H2,1H3;1H. The normalized spacial score (nSPS) is 26.5. The van der Waals surface area contributed by atoms with Crippen LogP contribution in [0.3, 0.4) is 0 Å². The minimum Gasteiger partial charge on any atom is -0.492 e. The molecule has 1 atom stereocenters. The maximum absolute atomic E-state index is 5.89. The minimum atomic E-state index is 0. The Balaban J connectivity index is 0.00000120. The van der Waals surface area contributed by atoms with Crippen LogP contribution in [0.25, 0.3) is 0 Å². The van der Waals surface area contributed by atoms with E-state index in [4.69, 9.17) is 4.74 Å². The van der Waals surface area contributed by atoms with E-state index >= 15 is 0 Å². The average molecular weight is 268 g/mol. The number of para-hydroxylation sites is 1. The molecule has 0 N–H and O–H groups in total. The van der Waals surface area contributed by atoms with E-state index in [1.165, 1.54) is 44.5 Å². The van der Waals surface area contributed by atoms with Gasteiger partial charge < -0.3 is 9.64 Å². The number of halogens is 1. The molecule has 2 nitrogen and oxygen atoms in total. The van der Waals surface area contributed by atoms with E-state index in [0.717, 1.165) is 12.4 Å². The number of rotatable bonds is 2. The van der Waals surface area contributed by atoms with E-state index in [1.54, 1.807) is 0 Å². The van der Waals surface area contributed by atoms with Gasteiger partial charge in [0, 0.05) is 17.5 Å². The van der Waals surface area contributed by atoms with Gasteiger partial charge in [0.2, 0.25) is 0 Å². The summed E-state index contributed by atoms with van der Waals surface area (Å²) in [5, 5.41) is 0. The minimum absolute atomic E-state index is 0. The Bertz CT molecular complexity index is 403. The van der Waals surface area contributed by atoms with E-state index in [2.05, 4.69) is 36.1 Å². The molecule has 0 bridgehead atoms. The zero-order chi connectivity index (χ0) is 11.7. The highest BCUT2D eigenvalue weighted by Crippen LogP contribution is 2.44. The van der Waals surface area contributed by atoms with Crippen LogP contribution < -0.4 is 4.74 Å². The van der Waals surface area contributed by atoms with Crippen molar-refractivity contribution in [2.45, 2.75) is 31.6 Å². The van der Waals surface area contributed by atoms with Crippen LogP contribution >= 0.6 is 12.4 Å². The Hall–Kier alpha value is -0.730. The molecular weight excluding hydrogens is 246 g/mol. The van der Waals surface area contributed by atoms with E-state index in [1.807, 2.05) is 0 Å². The van der Waals surface area contributed by atoms with Crippen LogP contribution in [0, 0.1) is 0 Å². The number of piperidine rings is 1. The fraction of sp³-hybridized carbons (Fsp3) is 0.600. The summed E-state index contributed by atoms with van der Waals surface area (Å²) in [5.41, 5.74) is 1.73. The van der Waals surface area contributed by atoms with Gasteiger partial charge in [0.05, 0.1) is 6.61 Å². The molecule has 18 heavy (non-hydrogen) atoms. The van der Waals surface area contributed by atoms with Crippen LogP contribution in [-0.4, -0.2) is 31.1 Å². The summed E-state index contributed by atoms with van der Waals surface area (Å²) in [7, 11) is 0. The molecule has 0 aliphatic carbocycles. The molecule has 1 saturated heterocycles. The summed E-state index contributed by atoms with van der Waals surface area (Å²) in [5.74, 6) is 1.12. The van der Waals surface area contributed by atoms with E-state index < -0.39 is 0 Å². The third-order valence-corrected chi connectivity index (χ3v) is 4.16. The van der Waals surface area contributed by atoms with Gasteiger partial charge in [-0.1, -0.05) is 25.1 Å². The van der Waals surface area contributed by atoms with Crippen molar-refractivity contribution < 1.29 is 4.74 Å². The molecular formula is C15H22ClNO. The Kier molecular flexibility index (Phi) is 4.18. The molecule has 1 fully saturated rings. The number of ether oxygens (including phenoxy) is 1. The van der Waals surface area contributed by atoms with Gasteiger partial charge in [0.25, 0.3) is 0 Å². The third kappa shape index (κ3) is 2.24. The van der Waals surface area contributed by atoms with Crippen molar-refractivity contribution in [3.05, 3.63) is 29.8 Å². The van der Waals surface area contributed by atoms with Gasteiger partial charge in [-0.2, -0.15) is 0 Å². The summed E-state index contributed by atoms with van der Waals surface area (Å²) in [6.07, 6.45) is 3.83. The number of nitrogens with zero attached hydrogens (tertiary/aromatic N) is 1. The zero-order valence-electron chi connectivity index (χ0n) is 11.0. The molecule has 0 radical (unpaired) electrons. The molecule has 3 heteroatoms. The first-order valence-corrected chi connectivity index (χ1v) is 6.79. The van der Waals surface area contributed by atoms with Gasteiger partial charge in [0.15, 0.2) is 0 Å². The van der Waals surface area contributed by atoms with Crippen molar-refractivity contribution in [3.63, 3.8) is 0 Å². The number of hydrogen-bond acceptors (Lipinski definition) is 2. The maximum Gasteiger partial charge on any atom is 0.123 e. The quantitative estimate of drug-likeness (QED) is 0.816. The van der Waals surface area contributed by atoms with Crippen LogP contribution in [0.1, 0.15) is 31.7 Å². The lowest BCUT2D eigenvalue weighted by atomic mass is 9.76. The summed E-state index contributed by atoms with van der Waals surface area (Å²) >= 11 is 0. The SMILES string of the molecule is CCCN1CCCC2(COc3ccccc32)C1.Cl. The van der Waals surface area contributed by atoms with Crippen molar-refractivity contribution in [2.24, 2.45) is 0 Å². The number of hydrogen-bond donors (Lipinski definition) is 0. The summed E-state index contributed by atoms with van der Waals surface area (Å²) < 4.78 is 5.89. The summed E-state index contributed by atoms with van der Waals surface area (Å²) in [4.78, 5) is 2.61. The van der Waals surface area contributed by atoms with E-state index in [9.17, 15) is 0 Å². The fourth-order valence-electron chi connectivity index (χ4n) is 3.40. The second-order valence-corrected chi connectivity index (χ2v) is 5.44. The van der Waals surface area contributed by atoms with E-state index in [-0.39, 0.29) is 17.8 Å². The van der Waals surface area contributed by atoms with Crippen LogP contribution in [0.2, 0.25) is 0 Å². The first-order chi connectivity index (χ1) is 8.34. The second kappa shape index (κ2) is 5.50. The van der Waals surface area contributed by atoms with Gasteiger partial charge in [-0.15, -0.1) is 12.4 Å². The lowest BCUT2D eigenvalue weighted by molar-refractivity contribution is 0.123. The van der Waals surface area contributed by atoms with Gasteiger partial charge in [-0.3, -0.25) is 0 Å². The smallest absolute Gasteiger partial charge is 0.123 e. The first-order valence-electron chi connectivity index (χ1n) is 6.79. The predicted octanol–water partition coefficient (Wildman–Crippen LogP) is 3.24. The van der Waals surface area contributed by atoms with Crippen LogP contribution in [-0.2, 0) is 5.41 Å². The molecule has 2 aliphatic heterocycles. The monoisotopic (exact) mass is 267 g/mol. The number of likely N-dealkylation sites (tertiary alicyclic amines) is 1. The summed E-state index contributed by atoms with van der Waals surface area (Å²) in [6, 6.07) is 8.60. The molecule has 1 spiro atoms. The molecule has 3 rings (SSSR count). The third-order valence-electron chi connectivity index (χ3n) is 4.16. The number of benzene rings is 1. The fourth-order valence-corrected chi connectivity index (χ4v) is 3.40. The molecule has 2 heterocycles. The van der Waals surface area contributed by atoms with Crippen LogP contribution in [0.5, 0.6) is 5.75 Å². The van der Waals surface area contributed by atoms with Gasteiger partial charge in [-0.25, -0.2) is 0 Å².